The number of hydrogen-bond acceptors (Lipinski definition) is 5. The lowest BCUT2D eigenvalue weighted by atomic mass is 10.0. The van der Waals surface area contributed by atoms with Gasteiger partial charge in [0.25, 0.3) is 11.8 Å². The number of para-hydroxylation sites is 1. The molecule has 2 aromatic rings. The lowest BCUT2D eigenvalue weighted by Crippen LogP contribution is -2.52. The quantitative estimate of drug-likeness (QED) is 0.735. The SMILES string of the molecule is Cc1ccccc1NC(=O)COc1ccc2c(c1)CN(C1CCC(=O)NC1=O)C2=O. The highest BCUT2D eigenvalue weighted by atomic mass is 16.5. The molecule has 2 aliphatic rings. The fourth-order valence-corrected chi connectivity index (χ4v) is 3.69. The number of rotatable bonds is 5. The van der Waals surface area contributed by atoms with Gasteiger partial charge >= 0.3 is 0 Å². The molecule has 0 aliphatic carbocycles. The lowest BCUT2D eigenvalue weighted by Gasteiger charge is -2.29. The number of aryl methyl sites for hydroxylation is 1. The van der Waals surface area contributed by atoms with Crippen LogP contribution in [0.5, 0.6) is 5.75 Å². The van der Waals surface area contributed by atoms with Crippen molar-refractivity contribution in [3.8, 4) is 5.75 Å². The number of carbonyl (C=O) groups is 4. The van der Waals surface area contributed by atoms with Crippen molar-refractivity contribution in [2.75, 3.05) is 11.9 Å². The molecule has 0 aromatic heterocycles. The second-order valence-corrected chi connectivity index (χ2v) is 7.37. The van der Waals surface area contributed by atoms with Crippen LogP contribution in [0.3, 0.4) is 0 Å². The van der Waals surface area contributed by atoms with Crippen LogP contribution in [0.1, 0.15) is 34.3 Å². The van der Waals surface area contributed by atoms with Gasteiger partial charge in [-0.1, -0.05) is 18.2 Å². The Kier molecular flexibility index (Phi) is 5.22. The van der Waals surface area contributed by atoms with Gasteiger partial charge < -0.3 is 15.0 Å². The third-order valence-electron chi connectivity index (χ3n) is 5.28. The topological polar surface area (TPSA) is 105 Å². The van der Waals surface area contributed by atoms with E-state index in [0.29, 0.717) is 17.7 Å². The molecule has 2 aromatic carbocycles. The molecule has 8 heteroatoms. The number of hydrogen-bond donors (Lipinski definition) is 2. The normalized spacial score (nSPS) is 18.1. The molecule has 1 saturated heterocycles. The minimum atomic E-state index is -0.660. The summed E-state index contributed by atoms with van der Waals surface area (Å²) >= 11 is 0. The fourth-order valence-electron chi connectivity index (χ4n) is 3.69. The Morgan fingerprint density at radius 1 is 1.20 bits per heavy atom. The van der Waals surface area contributed by atoms with Crippen LogP contribution in [0, 0.1) is 6.92 Å². The van der Waals surface area contributed by atoms with E-state index in [0.717, 1.165) is 16.8 Å². The van der Waals surface area contributed by atoms with E-state index in [1.807, 2.05) is 31.2 Å². The molecule has 0 radical (unpaired) electrons. The molecule has 154 valence electrons. The third-order valence-corrected chi connectivity index (χ3v) is 5.28. The number of amides is 4. The molecule has 2 N–H and O–H groups in total. The zero-order valence-electron chi connectivity index (χ0n) is 16.4. The molecule has 30 heavy (non-hydrogen) atoms. The number of fused-ring (bicyclic) bond motifs is 1. The number of carbonyl (C=O) groups excluding carboxylic acids is 4. The van der Waals surface area contributed by atoms with Crippen LogP contribution in [-0.4, -0.2) is 41.2 Å². The molecule has 4 rings (SSSR count). The second kappa shape index (κ2) is 7.98. The molecule has 4 amide bonds. The monoisotopic (exact) mass is 407 g/mol. The van der Waals surface area contributed by atoms with Gasteiger partial charge in [0, 0.05) is 24.2 Å². The Morgan fingerprint density at radius 2 is 2.00 bits per heavy atom. The maximum atomic E-state index is 12.7. The lowest BCUT2D eigenvalue weighted by molar-refractivity contribution is -0.137. The molecular formula is C22H21N3O5. The standard InChI is InChI=1S/C22H21N3O5/c1-13-4-2-3-5-17(13)23-20(27)12-30-15-6-7-16-14(10-15)11-25(22(16)29)18-8-9-19(26)24-21(18)28/h2-7,10,18H,8-9,11-12H2,1H3,(H,23,27)(H,24,26,28). The molecule has 0 saturated carbocycles. The van der Waals surface area contributed by atoms with Crippen LogP contribution < -0.4 is 15.4 Å². The van der Waals surface area contributed by atoms with Gasteiger partial charge in [-0.25, -0.2) is 0 Å². The molecule has 2 heterocycles. The predicted octanol–water partition coefficient (Wildman–Crippen LogP) is 1.77. The summed E-state index contributed by atoms with van der Waals surface area (Å²) in [6.45, 7) is 1.99. The number of benzene rings is 2. The first kappa shape index (κ1) is 19.6. The zero-order valence-corrected chi connectivity index (χ0v) is 16.4. The van der Waals surface area contributed by atoms with Gasteiger partial charge in [-0.05, 0) is 48.7 Å². The first-order chi connectivity index (χ1) is 14.4. The van der Waals surface area contributed by atoms with Gasteiger partial charge in [-0.2, -0.15) is 0 Å². The molecule has 0 bridgehead atoms. The Hall–Kier alpha value is -3.68. The first-order valence-corrected chi connectivity index (χ1v) is 9.68. The summed E-state index contributed by atoms with van der Waals surface area (Å²) in [5, 5.41) is 5.08. The largest absolute Gasteiger partial charge is 0.484 e. The van der Waals surface area contributed by atoms with E-state index >= 15 is 0 Å². The van der Waals surface area contributed by atoms with Crippen molar-refractivity contribution >= 4 is 29.3 Å². The van der Waals surface area contributed by atoms with Crippen LogP contribution in [0.2, 0.25) is 0 Å². The summed E-state index contributed by atoms with van der Waals surface area (Å²) in [6, 6.07) is 11.8. The fraction of sp³-hybridized carbons (Fsp3) is 0.273. The molecule has 1 atom stereocenters. The van der Waals surface area contributed by atoms with Gasteiger partial charge in [0.2, 0.25) is 11.8 Å². The van der Waals surface area contributed by atoms with E-state index in [2.05, 4.69) is 10.6 Å². The zero-order chi connectivity index (χ0) is 21.3. The highest BCUT2D eigenvalue weighted by molar-refractivity contribution is 6.05. The van der Waals surface area contributed by atoms with Gasteiger partial charge in [-0.3, -0.25) is 24.5 Å². The summed E-state index contributed by atoms with van der Waals surface area (Å²) in [5.41, 5.74) is 2.90. The van der Waals surface area contributed by atoms with Gasteiger partial charge in [0.15, 0.2) is 6.61 Å². The Labute approximate surface area is 173 Å². The number of nitrogens with one attached hydrogen (secondary N) is 2. The number of nitrogens with zero attached hydrogens (tertiary/aromatic N) is 1. The average molecular weight is 407 g/mol. The van der Waals surface area contributed by atoms with Gasteiger partial charge in [-0.15, -0.1) is 0 Å². The third kappa shape index (κ3) is 3.89. The van der Waals surface area contributed by atoms with Crippen LogP contribution >= 0.6 is 0 Å². The van der Waals surface area contributed by atoms with Crippen LogP contribution in [0.15, 0.2) is 42.5 Å². The molecular weight excluding hydrogens is 386 g/mol. The maximum absolute atomic E-state index is 12.7. The molecule has 0 spiro atoms. The van der Waals surface area contributed by atoms with Crippen molar-refractivity contribution < 1.29 is 23.9 Å². The van der Waals surface area contributed by atoms with Crippen LogP contribution in [-0.2, 0) is 20.9 Å². The number of ether oxygens (including phenoxy) is 1. The van der Waals surface area contributed by atoms with Crippen LogP contribution in [0.4, 0.5) is 5.69 Å². The Morgan fingerprint density at radius 3 is 2.77 bits per heavy atom. The number of anilines is 1. The smallest absolute Gasteiger partial charge is 0.262 e. The summed E-state index contributed by atoms with van der Waals surface area (Å²) < 4.78 is 5.59. The van der Waals surface area contributed by atoms with Crippen molar-refractivity contribution in [2.24, 2.45) is 0 Å². The molecule has 1 fully saturated rings. The highest BCUT2D eigenvalue weighted by Crippen LogP contribution is 2.30. The summed E-state index contributed by atoms with van der Waals surface area (Å²) in [5.74, 6) is -0.835. The van der Waals surface area contributed by atoms with Crippen molar-refractivity contribution in [2.45, 2.75) is 32.4 Å². The van der Waals surface area contributed by atoms with Crippen molar-refractivity contribution in [1.82, 2.24) is 10.2 Å². The Balaban J connectivity index is 1.39. The van der Waals surface area contributed by atoms with Crippen molar-refractivity contribution in [1.29, 1.82) is 0 Å². The van der Waals surface area contributed by atoms with E-state index in [-0.39, 0.29) is 37.3 Å². The molecule has 2 aliphatic heterocycles. The minimum Gasteiger partial charge on any atom is -0.484 e. The maximum Gasteiger partial charge on any atom is 0.262 e. The molecule has 8 nitrogen and oxygen atoms in total. The van der Waals surface area contributed by atoms with Gasteiger partial charge in [0.1, 0.15) is 11.8 Å². The average Bonchev–Trinajstić information content (AvgIpc) is 3.04. The van der Waals surface area contributed by atoms with Crippen LogP contribution in [0.25, 0.3) is 0 Å². The number of piperidine rings is 1. The van der Waals surface area contributed by atoms with E-state index in [4.69, 9.17) is 4.74 Å². The first-order valence-electron chi connectivity index (χ1n) is 9.68. The van der Waals surface area contributed by atoms with E-state index in [1.54, 1.807) is 18.2 Å². The van der Waals surface area contributed by atoms with Gasteiger partial charge in [0.05, 0.1) is 0 Å². The summed E-state index contributed by atoms with van der Waals surface area (Å²) in [4.78, 5) is 49.8. The van der Waals surface area contributed by atoms with Crippen molar-refractivity contribution in [3.63, 3.8) is 0 Å². The predicted molar refractivity (Wildman–Crippen MR) is 108 cm³/mol. The Bertz CT molecular complexity index is 1050. The summed E-state index contributed by atoms with van der Waals surface area (Å²) in [7, 11) is 0. The minimum absolute atomic E-state index is 0.169. The second-order valence-electron chi connectivity index (χ2n) is 7.37. The van der Waals surface area contributed by atoms with E-state index in [9.17, 15) is 19.2 Å². The van der Waals surface area contributed by atoms with E-state index in [1.165, 1.54) is 4.90 Å². The molecule has 1 unspecified atom stereocenters. The van der Waals surface area contributed by atoms with E-state index < -0.39 is 11.9 Å². The summed E-state index contributed by atoms with van der Waals surface area (Å²) in [6.07, 6.45) is 0.522. The highest BCUT2D eigenvalue weighted by Gasteiger charge is 2.39. The number of imide groups is 1. The van der Waals surface area contributed by atoms with Crippen molar-refractivity contribution in [3.05, 3.63) is 59.2 Å².